The van der Waals surface area contributed by atoms with Crippen LogP contribution >= 0.6 is 0 Å². The molecule has 2 aromatic heterocycles. The van der Waals surface area contributed by atoms with E-state index in [1.807, 2.05) is 18.3 Å². The summed E-state index contributed by atoms with van der Waals surface area (Å²) in [5, 5.41) is 3.08. The van der Waals surface area contributed by atoms with Crippen molar-refractivity contribution in [1.82, 2.24) is 14.7 Å². The molecule has 3 aliphatic carbocycles. The number of nitrogens with one attached hydrogen (secondary N) is 1. The van der Waals surface area contributed by atoms with Gasteiger partial charge in [0.05, 0.1) is 17.0 Å². The number of allylic oxidation sites excluding steroid dienone is 4. The van der Waals surface area contributed by atoms with Gasteiger partial charge in [-0.15, -0.1) is 0 Å². The molecule has 2 heterocycles. The first kappa shape index (κ1) is 20.4. The first-order chi connectivity index (χ1) is 16.1. The van der Waals surface area contributed by atoms with E-state index in [9.17, 15) is 4.79 Å². The fraction of sp³-hybridized carbons (Fsp3) is 0.357. The fourth-order valence-corrected chi connectivity index (χ4v) is 5.01. The van der Waals surface area contributed by atoms with Crippen LogP contribution in [0.15, 0.2) is 66.9 Å². The Hall–Kier alpha value is -3.18. The number of hydrogen-bond donors (Lipinski definition) is 2. The number of nitrogens with zero attached hydrogens (tertiary/aromatic N) is 2. The summed E-state index contributed by atoms with van der Waals surface area (Å²) in [5.74, 6) is 0.849. The van der Waals surface area contributed by atoms with Gasteiger partial charge in [-0.25, -0.2) is 4.98 Å². The van der Waals surface area contributed by atoms with Gasteiger partial charge in [-0.2, -0.15) is 0 Å². The van der Waals surface area contributed by atoms with Crippen molar-refractivity contribution in [2.24, 2.45) is 11.7 Å². The number of carbonyl (C=O) groups excluding carboxylic acids is 1. The number of hydrogen-bond acceptors (Lipinski definition) is 3. The number of rotatable bonds is 6. The zero-order valence-corrected chi connectivity index (χ0v) is 18.8. The standard InChI is InChI=1S/C28H30N4O/c29-28(15-4-16-28)23-12-9-20(10-13-23)25-26(21-5-2-1-3-6-21)32-18-22(11-14-24(32)31-25)27(33)30-17-19-7-8-19/h1-3,5,9-14,18-19,21H,4,6-8,15-17,29H2,(H,30,33). The molecular formula is C28H30N4O. The minimum atomic E-state index is -0.167. The Kier molecular flexibility index (Phi) is 4.95. The normalized spacial score (nSPS) is 21.2. The molecule has 5 nitrogen and oxygen atoms in total. The molecule has 0 bridgehead atoms. The van der Waals surface area contributed by atoms with Crippen LogP contribution in [0.5, 0.6) is 0 Å². The first-order valence-electron chi connectivity index (χ1n) is 12.1. The Morgan fingerprint density at radius 3 is 2.61 bits per heavy atom. The number of aromatic nitrogens is 2. The van der Waals surface area contributed by atoms with E-state index in [4.69, 9.17) is 10.7 Å². The van der Waals surface area contributed by atoms with Crippen LogP contribution in [0.2, 0.25) is 0 Å². The average Bonchev–Trinajstić information content (AvgIpc) is 3.59. The Morgan fingerprint density at radius 1 is 1.12 bits per heavy atom. The summed E-state index contributed by atoms with van der Waals surface area (Å²) < 4.78 is 2.11. The summed E-state index contributed by atoms with van der Waals surface area (Å²) in [4.78, 5) is 17.8. The second-order valence-electron chi connectivity index (χ2n) is 9.89. The van der Waals surface area contributed by atoms with Crippen LogP contribution in [-0.2, 0) is 5.54 Å². The number of amides is 1. The second-order valence-corrected chi connectivity index (χ2v) is 9.89. The molecule has 0 radical (unpaired) electrons. The average molecular weight is 439 g/mol. The lowest BCUT2D eigenvalue weighted by Crippen LogP contribution is -2.43. The van der Waals surface area contributed by atoms with Crippen molar-refractivity contribution < 1.29 is 4.79 Å². The highest BCUT2D eigenvalue weighted by atomic mass is 16.1. The molecular weight excluding hydrogens is 408 g/mol. The smallest absolute Gasteiger partial charge is 0.252 e. The van der Waals surface area contributed by atoms with Crippen molar-refractivity contribution in [3.63, 3.8) is 0 Å². The van der Waals surface area contributed by atoms with Crippen LogP contribution in [0.3, 0.4) is 0 Å². The van der Waals surface area contributed by atoms with Crippen molar-refractivity contribution in [1.29, 1.82) is 0 Å². The fourth-order valence-electron chi connectivity index (χ4n) is 5.01. The van der Waals surface area contributed by atoms with Crippen molar-refractivity contribution in [2.75, 3.05) is 6.54 Å². The molecule has 33 heavy (non-hydrogen) atoms. The maximum Gasteiger partial charge on any atom is 0.252 e. The van der Waals surface area contributed by atoms with Crippen LogP contribution in [0.1, 0.15) is 66.1 Å². The molecule has 5 heteroatoms. The van der Waals surface area contributed by atoms with Gasteiger partial charge >= 0.3 is 0 Å². The molecule has 3 aliphatic rings. The van der Waals surface area contributed by atoms with E-state index in [0.717, 1.165) is 48.4 Å². The van der Waals surface area contributed by atoms with Crippen LogP contribution in [0.25, 0.3) is 16.9 Å². The lowest BCUT2D eigenvalue weighted by Gasteiger charge is -2.38. The molecule has 0 spiro atoms. The predicted octanol–water partition coefficient (Wildman–Crippen LogP) is 5.08. The lowest BCUT2D eigenvalue weighted by atomic mass is 9.72. The van der Waals surface area contributed by atoms with E-state index < -0.39 is 0 Å². The monoisotopic (exact) mass is 438 g/mol. The summed E-state index contributed by atoms with van der Waals surface area (Å²) in [7, 11) is 0. The minimum absolute atomic E-state index is 0.0119. The van der Waals surface area contributed by atoms with E-state index >= 15 is 0 Å². The van der Waals surface area contributed by atoms with Crippen molar-refractivity contribution in [3.8, 4) is 11.3 Å². The number of fused-ring (bicyclic) bond motifs is 1. The Morgan fingerprint density at radius 2 is 1.94 bits per heavy atom. The van der Waals surface area contributed by atoms with Crippen molar-refractivity contribution in [2.45, 2.75) is 50.0 Å². The van der Waals surface area contributed by atoms with E-state index in [-0.39, 0.29) is 17.4 Å². The number of benzene rings is 1. The summed E-state index contributed by atoms with van der Waals surface area (Å²) in [6, 6.07) is 12.5. The second kappa shape index (κ2) is 7.99. The Balaban J connectivity index is 1.40. The molecule has 3 N–H and O–H groups in total. The van der Waals surface area contributed by atoms with Crippen molar-refractivity contribution >= 4 is 11.6 Å². The zero-order chi connectivity index (χ0) is 22.4. The third-order valence-electron chi connectivity index (χ3n) is 7.48. The van der Waals surface area contributed by atoms with Crippen molar-refractivity contribution in [3.05, 3.63) is 83.7 Å². The minimum Gasteiger partial charge on any atom is -0.352 e. The van der Waals surface area contributed by atoms with E-state index in [2.05, 4.69) is 58.3 Å². The molecule has 0 aliphatic heterocycles. The van der Waals surface area contributed by atoms with Gasteiger partial charge < -0.3 is 15.5 Å². The van der Waals surface area contributed by atoms with Gasteiger partial charge in [-0.3, -0.25) is 4.79 Å². The van der Waals surface area contributed by atoms with Gasteiger partial charge in [-0.1, -0.05) is 48.6 Å². The third kappa shape index (κ3) is 3.80. The molecule has 0 saturated heterocycles. The maximum absolute atomic E-state index is 12.8. The summed E-state index contributed by atoms with van der Waals surface area (Å²) in [5.41, 5.74) is 12.3. The van der Waals surface area contributed by atoms with Crippen LogP contribution in [0.4, 0.5) is 0 Å². The topological polar surface area (TPSA) is 72.4 Å². The molecule has 3 aromatic rings. The van der Waals surface area contributed by atoms with E-state index in [1.165, 1.54) is 24.8 Å². The Bertz CT molecular complexity index is 1260. The van der Waals surface area contributed by atoms with E-state index in [0.29, 0.717) is 11.5 Å². The largest absolute Gasteiger partial charge is 0.352 e. The summed E-state index contributed by atoms with van der Waals surface area (Å²) >= 11 is 0. The molecule has 2 saturated carbocycles. The maximum atomic E-state index is 12.8. The van der Waals surface area contributed by atoms with E-state index in [1.54, 1.807) is 0 Å². The third-order valence-corrected chi connectivity index (χ3v) is 7.48. The summed E-state index contributed by atoms with van der Waals surface area (Å²) in [6.45, 7) is 0.768. The molecule has 6 rings (SSSR count). The Labute approximate surface area is 194 Å². The number of imidazole rings is 1. The molecule has 1 atom stereocenters. The highest BCUT2D eigenvalue weighted by molar-refractivity contribution is 5.94. The predicted molar refractivity (Wildman–Crippen MR) is 131 cm³/mol. The number of carbonyl (C=O) groups is 1. The van der Waals surface area contributed by atoms with Gasteiger partial charge in [0.1, 0.15) is 5.65 Å². The van der Waals surface area contributed by atoms with Gasteiger partial charge in [0.15, 0.2) is 0 Å². The van der Waals surface area contributed by atoms with Gasteiger partial charge in [0, 0.05) is 29.8 Å². The van der Waals surface area contributed by atoms with Crippen LogP contribution in [0, 0.1) is 5.92 Å². The molecule has 168 valence electrons. The molecule has 1 aromatic carbocycles. The SMILES string of the molecule is NC1(c2ccc(-c3nc4ccc(C(=O)NCC5CC5)cn4c3C3C=CC=CC3)cc2)CCC1. The van der Waals surface area contributed by atoms with Crippen LogP contribution < -0.4 is 11.1 Å². The van der Waals surface area contributed by atoms with Crippen LogP contribution in [-0.4, -0.2) is 21.8 Å². The quantitative estimate of drug-likeness (QED) is 0.564. The van der Waals surface area contributed by atoms with Gasteiger partial charge in [0.2, 0.25) is 0 Å². The number of pyridine rings is 1. The van der Waals surface area contributed by atoms with Gasteiger partial charge in [-0.05, 0) is 62.1 Å². The number of nitrogens with two attached hydrogens (primary N) is 1. The summed E-state index contributed by atoms with van der Waals surface area (Å²) in [6.07, 6.45) is 17.2. The van der Waals surface area contributed by atoms with Gasteiger partial charge in [0.25, 0.3) is 5.91 Å². The lowest BCUT2D eigenvalue weighted by molar-refractivity contribution is 0.0951. The first-order valence-corrected chi connectivity index (χ1v) is 12.1. The highest BCUT2D eigenvalue weighted by Gasteiger charge is 2.34. The molecule has 2 fully saturated rings. The highest BCUT2D eigenvalue weighted by Crippen LogP contribution is 2.40. The zero-order valence-electron chi connectivity index (χ0n) is 18.8. The molecule has 1 unspecified atom stereocenters. The molecule has 1 amide bonds.